The van der Waals surface area contributed by atoms with Crippen LogP contribution in [0.25, 0.3) is 6.08 Å². The molecular weight excluding hydrogens is 273 g/mol. The number of hydrogen-bond acceptors (Lipinski definition) is 0. The summed E-state index contributed by atoms with van der Waals surface area (Å²) in [6, 6.07) is 14.9. The van der Waals surface area contributed by atoms with E-state index >= 15 is 0 Å². The van der Waals surface area contributed by atoms with E-state index in [-0.39, 0.29) is 5.92 Å². The highest BCUT2D eigenvalue weighted by Gasteiger charge is 2.30. The van der Waals surface area contributed by atoms with E-state index in [4.69, 9.17) is 0 Å². The molecule has 2 aromatic carbocycles. The fourth-order valence-corrected chi connectivity index (χ4v) is 2.03. The zero-order valence-corrected chi connectivity index (χ0v) is 11.3. The van der Waals surface area contributed by atoms with Crippen LogP contribution >= 0.6 is 0 Å². The Morgan fingerprint density at radius 3 is 2.29 bits per heavy atom. The molecule has 0 radical (unpaired) electrons. The van der Waals surface area contributed by atoms with Gasteiger partial charge < -0.3 is 0 Å². The molecule has 0 nitrogen and oxygen atoms in total. The summed E-state index contributed by atoms with van der Waals surface area (Å²) >= 11 is 0. The lowest BCUT2D eigenvalue weighted by atomic mass is 9.96. The molecule has 0 aliphatic carbocycles. The van der Waals surface area contributed by atoms with Crippen molar-refractivity contribution in [2.45, 2.75) is 12.1 Å². The summed E-state index contributed by atoms with van der Waals surface area (Å²) in [6.45, 7) is 3.71. The molecule has 0 N–H and O–H groups in total. The number of benzene rings is 2. The molecule has 0 aromatic heterocycles. The van der Waals surface area contributed by atoms with Crippen molar-refractivity contribution in [1.82, 2.24) is 0 Å². The van der Waals surface area contributed by atoms with E-state index in [2.05, 4.69) is 6.58 Å². The van der Waals surface area contributed by atoms with Crippen molar-refractivity contribution in [2.24, 2.45) is 0 Å². The minimum atomic E-state index is -4.33. The van der Waals surface area contributed by atoms with Crippen molar-refractivity contribution < 1.29 is 13.2 Å². The average molecular weight is 288 g/mol. The molecule has 1 unspecified atom stereocenters. The lowest BCUT2D eigenvalue weighted by molar-refractivity contribution is -0.137. The number of halogens is 3. The first-order valence-corrected chi connectivity index (χ1v) is 6.53. The molecule has 0 heterocycles. The van der Waals surface area contributed by atoms with Crippen LogP contribution in [0.4, 0.5) is 13.2 Å². The predicted molar refractivity (Wildman–Crippen MR) is 79.9 cm³/mol. The third kappa shape index (κ3) is 4.09. The highest BCUT2D eigenvalue weighted by atomic mass is 19.4. The lowest BCUT2D eigenvalue weighted by Gasteiger charge is -2.12. The zero-order valence-electron chi connectivity index (χ0n) is 11.3. The third-order valence-corrected chi connectivity index (χ3v) is 3.15. The minimum Gasteiger partial charge on any atom is -0.166 e. The fourth-order valence-electron chi connectivity index (χ4n) is 2.03. The maximum absolute atomic E-state index is 12.7. The van der Waals surface area contributed by atoms with Gasteiger partial charge in [0.15, 0.2) is 0 Å². The van der Waals surface area contributed by atoms with Crippen molar-refractivity contribution in [3.8, 4) is 0 Å². The summed E-state index contributed by atoms with van der Waals surface area (Å²) in [5, 5.41) is 0. The van der Waals surface area contributed by atoms with Crippen LogP contribution in [0.1, 0.15) is 22.6 Å². The normalized spacial score (nSPS) is 13.3. The van der Waals surface area contributed by atoms with Gasteiger partial charge in [-0.3, -0.25) is 0 Å². The summed E-state index contributed by atoms with van der Waals surface area (Å²) < 4.78 is 38.2. The quantitative estimate of drug-likeness (QED) is 0.634. The van der Waals surface area contributed by atoms with E-state index < -0.39 is 11.7 Å². The smallest absolute Gasteiger partial charge is 0.166 e. The van der Waals surface area contributed by atoms with Gasteiger partial charge in [0.2, 0.25) is 0 Å². The van der Waals surface area contributed by atoms with Gasteiger partial charge in [-0.05, 0) is 17.2 Å². The Bertz CT molecular complexity index is 624. The van der Waals surface area contributed by atoms with Gasteiger partial charge in [0.1, 0.15) is 0 Å². The van der Waals surface area contributed by atoms with Gasteiger partial charge in [-0.25, -0.2) is 0 Å². The van der Waals surface area contributed by atoms with Crippen molar-refractivity contribution in [3.05, 3.63) is 90.0 Å². The predicted octanol–water partition coefficient (Wildman–Crippen LogP) is 5.69. The van der Waals surface area contributed by atoms with Gasteiger partial charge >= 0.3 is 6.18 Å². The largest absolute Gasteiger partial charge is 0.416 e. The molecule has 0 aliphatic heterocycles. The van der Waals surface area contributed by atoms with Crippen LogP contribution in [0, 0.1) is 0 Å². The average Bonchev–Trinajstić information content (AvgIpc) is 2.48. The van der Waals surface area contributed by atoms with E-state index in [9.17, 15) is 13.2 Å². The van der Waals surface area contributed by atoms with Crippen molar-refractivity contribution in [3.63, 3.8) is 0 Å². The van der Waals surface area contributed by atoms with Crippen LogP contribution in [0.3, 0.4) is 0 Å². The Labute approximate surface area is 122 Å². The number of allylic oxidation sites excluding steroid dienone is 2. The summed E-state index contributed by atoms with van der Waals surface area (Å²) in [5.41, 5.74) is 0.934. The van der Waals surface area contributed by atoms with E-state index in [1.54, 1.807) is 12.1 Å². The lowest BCUT2D eigenvalue weighted by Crippen LogP contribution is -2.05. The topological polar surface area (TPSA) is 0 Å². The molecule has 1 atom stereocenters. The molecule has 108 valence electrons. The monoisotopic (exact) mass is 288 g/mol. The Balaban J connectivity index is 2.26. The first kappa shape index (κ1) is 15.1. The zero-order chi connectivity index (χ0) is 15.3. The molecule has 3 heteroatoms. The SMILES string of the molecule is C=CC(/C=C/c1ccccc1)c1cccc(C(F)(F)F)c1. The van der Waals surface area contributed by atoms with E-state index in [1.165, 1.54) is 12.1 Å². The van der Waals surface area contributed by atoms with Gasteiger partial charge in [-0.15, -0.1) is 6.58 Å². The standard InChI is InChI=1S/C18H15F3/c1-2-15(12-11-14-7-4-3-5-8-14)16-9-6-10-17(13-16)18(19,20)21/h2-13,15H,1H2/b12-11+. The molecule has 0 saturated carbocycles. The van der Waals surface area contributed by atoms with Gasteiger partial charge in [0.25, 0.3) is 0 Å². The molecule has 0 spiro atoms. The fraction of sp³-hybridized carbons (Fsp3) is 0.111. The number of rotatable bonds is 4. The first-order valence-electron chi connectivity index (χ1n) is 6.53. The van der Waals surface area contributed by atoms with Gasteiger partial charge in [0.05, 0.1) is 5.56 Å². The maximum Gasteiger partial charge on any atom is 0.416 e. The second-order valence-corrected chi connectivity index (χ2v) is 4.65. The summed E-state index contributed by atoms with van der Waals surface area (Å²) in [6.07, 6.45) is 1.03. The molecule has 0 fully saturated rings. The second-order valence-electron chi connectivity index (χ2n) is 4.65. The van der Waals surface area contributed by atoms with Crippen LogP contribution in [-0.2, 0) is 6.18 Å². The summed E-state index contributed by atoms with van der Waals surface area (Å²) in [5.74, 6) is -0.257. The Hall–Kier alpha value is -2.29. The summed E-state index contributed by atoms with van der Waals surface area (Å²) in [4.78, 5) is 0. The molecule has 0 aliphatic rings. The van der Waals surface area contributed by atoms with E-state index in [1.807, 2.05) is 42.5 Å². The molecule has 0 saturated heterocycles. The van der Waals surface area contributed by atoms with Crippen LogP contribution in [0.15, 0.2) is 73.3 Å². The Morgan fingerprint density at radius 1 is 0.952 bits per heavy atom. The third-order valence-electron chi connectivity index (χ3n) is 3.15. The van der Waals surface area contributed by atoms with Crippen LogP contribution in [0.2, 0.25) is 0 Å². The summed E-state index contributed by atoms with van der Waals surface area (Å²) in [7, 11) is 0. The molecule has 0 bridgehead atoms. The molecule has 2 rings (SSSR count). The van der Waals surface area contributed by atoms with Crippen molar-refractivity contribution in [1.29, 1.82) is 0 Å². The highest BCUT2D eigenvalue weighted by Crippen LogP contribution is 2.31. The van der Waals surface area contributed by atoms with Crippen LogP contribution in [0.5, 0.6) is 0 Å². The van der Waals surface area contributed by atoms with Crippen LogP contribution < -0.4 is 0 Å². The Kier molecular flexibility index (Phi) is 4.63. The molecule has 21 heavy (non-hydrogen) atoms. The minimum absolute atomic E-state index is 0.257. The van der Waals surface area contributed by atoms with Crippen molar-refractivity contribution >= 4 is 6.08 Å². The first-order chi connectivity index (χ1) is 10.0. The van der Waals surface area contributed by atoms with E-state index in [0.29, 0.717) is 5.56 Å². The molecular formula is C18H15F3. The van der Waals surface area contributed by atoms with Gasteiger partial charge in [0, 0.05) is 5.92 Å². The van der Waals surface area contributed by atoms with Gasteiger partial charge in [-0.1, -0.05) is 66.8 Å². The maximum atomic E-state index is 12.7. The second kappa shape index (κ2) is 6.44. The Morgan fingerprint density at radius 2 is 1.67 bits per heavy atom. The van der Waals surface area contributed by atoms with Crippen LogP contribution in [-0.4, -0.2) is 0 Å². The van der Waals surface area contributed by atoms with E-state index in [0.717, 1.165) is 11.6 Å². The number of hydrogen-bond donors (Lipinski definition) is 0. The van der Waals surface area contributed by atoms with Crippen molar-refractivity contribution in [2.75, 3.05) is 0 Å². The highest BCUT2D eigenvalue weighted by molar-refractivity contribution is 5.51. The molecule has 0 amide bonds. The molecule has 2 aromatic rings. The van der Waals surface area contributed by atoms with Gasteiger partial charge in [-0.2, -0.15) is 13.2 Å². The number of alkyl halides is 3.